The molecule has 0 radical (unpaired) electrons. The Morgan fingerprint density at radius 1 is 0.788 bits per heavy atom. The molecule has 0 saturated heterocycles. The average molecular weight is 489 g/mol. The van der Waals surface area contributed by atoms with Crippen LogP contribution >= 0.6 is 12.0 Å². The largest absolute Gasteiger partial charge is 0.444 e. The number of hydrogen-bond donors (Lipinski definition) is 1. The predicted molar refractivity (Wildman–Crippen MR) is 140 cm³/mol. The Labute approximate surface area is 208 Å². The molecule has 0 aromatic rings. The highest BCUT2D eigenvalue weighted by molar-refractivity contribution is 7.94. The molecular formula is C26H52N2O4S. The van der Waals surface area contributed by atoms with Crippen molar-refractivity contribution in [2.75, 3.05) is 19.7 Å². The van der Waals surface area contributed by atoms with Crippen molar-refractivity contribution < 1.29 is 18.5 Å². The molecule has 196 valence electrons. The topological polar surface area (TPSA) is 67.9 Å². The number of nitrogens with zero attached hydrogens (tertiary/aromatic N) is 1. The molecule has 0 unspecified atom stereocenters. The molecule has 6 nitrogen and oxygen atoms in total. The van der Waals surface area contributed by atoms with Crippen molar-refractivity contribution in [1.29, 1.82) is 0 Å². The van der Waals surface area contributed by atoms with Crippen molar-refractivity contribution in [3.05, 3.63) is 0 Å². The molecule has 1 N–H and O–H groups in total. The molecular weight excluding hydrogens is 436 g/mol. The first-order valence-electron chi connectivity index (χ1n) is 13.2. The number of unbranched alkanes of at least 4 members (excludes halogenated alkanes) is 14. The first-order chi connectivity index (χ1) is 15.8. The third-order valence-electron chi connectivity index (χ3n) is 5.42. The summed E-state index contributed by atoms with van der Waals surface area (Å²) in [4.78, 5) is 25.3. The van der Waals surface area contributed by atoms with Crippen LogP contribution in [0, 0.1) is 0 Å². The predicted octanol–water partition coefficient (Wildman–Crippen LogP) is 7.81. The van der Waals surface area contributed by atoms with Crippen molar-refractivity contribution in [2.24, 2.45) is 0 Å². The number of carbonyl (C=O) groups is 2. The molecule has 2 amide bonds. The molecule has 0 spiro atoms. The van der Waals surface area contributed by atoms with Gasteiger partial charge in [0.05, 0.1) is 5.88 Å². The van der Waals surface area contributed by atoms with Crippen LogP contribution in [0.3, 0.4) is 0 Å². The number of ether oxygens (including phenoxy) is 1. The molecule has 33 heavy (non-hydrogen) atoms. The first-order valence-corrected chi connectivity index (χ1v) is 14.1. The van der Waals surface area contributed by atoms with E-state index < -0.39 is 11.7 Å². The average Bonchev–Trinajstić information content (AvgIpc) is 2.74. The molecule has 0 fully saturated rings. The van der Waals surface area contributed by atoms with Gasteiger partial charge in [-0.15, -0.1) is 0 Å². The fourth-order valence-corrected chi connectivity index (χ4v) is 3.99. The molecule has 0 saturated carbocycles. The number of hydrogen-bond acceptors (Lipinski definition) is 5. The molecule has 0 heterocycles. The standard InChI is InChI=1S/C26H52N2O4S/c1-6-7-8-9-10-11-12-13-14-15-16-17-18-19-20-21-24(29)28(5)23-33-31-22-27-25(30)32-26(2,3)4/h6-23H2,1-5H3,(H,27,30). The van der Waals surface area contributed by atoms with E-state index in [0.29, 0.717) is 12.3 Å². The van der Waals surface area contributed by atoms with Gasteiger partial charge in [-0.25, -0.2) is 4.79 Å². The van der Waals surface area contributed by atoms with Gasteiger partial charge >= 0.3 is 6.09 Å². The van der Waals surface area contributed by atoms with E-state index in [1.165, 1.54) is 83.5 Å². The fourth-order valence-electron chi connectivity index (χ4n) is 3.47. The number of nitrogens with one attached hydrogen (secondary N) is 1. The molecule has 0 aliphatic heterocycles. The van der Waals surface area contributed by atoms with Gasteiger partial charge in [0.15, 0.2) is 0 Å². The van der Waals surface area contributed by atoms with Crippen LogP contribution in [0.15, 0.2) is 0 Å². The van der Waals surface area contributed by atoms with Crippen LogP contribution in [0.2, 0.25) is 0 Å². The van der Waals surface area contributed by atoms with E-state index in [9.17, 15) is 9.59 Å². The van der Waals surface area contributed by atoms with Crippen LogP contribution in [-0.2, 0) is 13.7 Å². The van der Waals surface area contributed by atoms with Crippen molar-refractivity contribution >= 4 is 24.0 Å². The van der Waals surface area contributed by atoms with Gasteiger partial charge in [0.25, 0.3) is 0 Å². The Hall–Kier alpha value is -0.950. The molecule has 7 heteroatoms. The highest BCUT2D eigenvalue weighted by Crippen LogP contribution is 2.14. The third kappa shape index (κ3) is 24.0. The van der Waals surface area contributed by atoms with Crippen LogP contribution in [0.5, 0.6) is 0 Å². The normalized spacial score (nSPS) is 11.4. The Kier molecular flexibility index (Phi) is 21.0. The Morgan fingerprint density at radius 3 is 1.70 bits per heavy atom. The summed E-state index contributed by atoms with van der Waals surface area (Å²) < 4.78 is 10.4. The van der Waals surface area contributed by atoms with E-state index in [1.807, 2.05) is 20.8 Å². The monoisotopic (exact) mass is 488 g/mol. The maximum atomic E-state index is 12.2. The third-order valence-corrected chi connectivity index (χ3v) is 6.20. The van der Waals surface area contributed by atoms with E-state index in [4.69, 9.17) is 8.92 Å². The van der Waals surface area contributed by atoms with Gasteiger partial charge in [-0.2, -0.15) is 0 Å². The quantitative estimate of drug-likeness (QED) is 0.101. The van der Waals surface area contributed by atoms with Crippen LogP contribution in [-0.4, -0.2) is 42.2 Å². The van der Waals surface area contributed by atoms with Crippen LogP contribution in [0.4, 0.5) is 4.79 Å². The smallest absolute Gasteiger partial charge is 0.409 e. The lowest BCUT2D eigenvalue weighted by molar-refractivity contribution is -0.129. The lowest BCUT2D eigenvalue weighted by Crippen LogP contribution is -2.33. The highest BCUT2D eigenvalue weighted by Gasteiger charge is 2.15. The van der Waals surface area contributed by atoms with Crippen LogP contribution in [0.1, 0.15) is 130 Å². The summed E-state index contributed by atoms with van der Waals surface area (Å²) in [6, 6.07) is 0. The maximum absolute atomic E-state index is 12.2. The minimum absolute atomic E-state index is 0.0423. The fraction of sp³-hybridized carbons (Fsp3) is 0.923. The molecule has 0 aromatic carbocycles. The second-order valence-corrected chi connectivity index (χ2v) is 10.7. The highest BCUT2D eigenvalue weighted by atomic mass is 32.2. The first kappa shape index (κ1) is 32.0. The summed E-state index contributed by atoms with van der Waals surface area (Å²) in [5.41, 5.74) is -0.531. The Morgan fingerprint density at radius 2 is 1.24 bits per heavy atom. The zero-order valence-electron chi connectivity index (χ0n) is 22.2. The van der Waals surface area contributed by atoms with E-state index in [0.717, 1.165) is 24.9 Å². The lowest BCUT2D eigenvalue weighted by Gasteiger charge is -2.20. The van der Waals surface area contributed by atoms with Gasteiger partial charge in [-0.1, -0.05) is 96.8 Å². The minimum Gasteiger partial charge on any atom is -0.444 e. The summed E-state index contributed by atoms with van der Waals surface area (Å²) in [5, 5.41) is 2.52. The second kappa shape index (κ2) is 21.6. The van der Waals surface area contributed by atoms with Crippen molar-refractivity contribution in [3.63, 3.8) is 0 Å². The summed E-state index contributed by atoms with van der Waals surface area (Å²) in [5.74, 6) is 0.578. The maximum Gasteiger partial charge on any atom is 0.409 e. The van der Waals surface area contributed by atoms with Crippen LogP contribution < -0.4 is 5.32 Å². The molecule has 0 aliphatic rings. The zero-order chi connectivity index (χ0) is 24.8. The van der Waals surface area contributed by atoms with Gasteiger partial charge in [0.1, 0.15) is 12.3 Å². The molecule has 0 aromatic heterocycles. The van der Waals surface area contributed by atoms with E-state index in [-0.39, 0.29) is 12.6 Å². The molecule has 0 bridgehead atoms. The number of carbonyl (C=O) groups excluding carboxylic acids is 2. The Balaban J connectivity index is 3.41. The Bertz CT molecular complexity index is 483. The van der Waals surface area contributed by atoms with Gasteiger partial charge in [-0.05, 0) is 27.2 Å². The minimum atomic E-state index is -0.531. The number of rotatable bonds is 21. The molecule has 0 rings (SSSR count). The second-order valence-electron chi connectivity index (χ2n) is 9.98. The van der Waals surface area contributed by atoms with Gasteiger partial charge in [0.2, 0.25) is 5.91 Å². The van der Waals surface area contributed by atoms with Crippen molar-refractivity contribution in [1.82, 2.24) is 10.2 Å². The van der Waals surface area contributed by atoms with E-state index in [2.05, 4.69) is 12.2 Å². The van der Waals surface area contributed by atoms with Crippen molar-refractivity contribution in [3.8, 4) is 0 Å². The van der Waals surface area contributed by atoms with Crippen LogP contribution in [0.25, 0.3) is 0 Å². The number of amides is 2. The molecule has 0 atom stereocenters. The van der Waals surface area contributed by atoms with E-state index >= 15 is 0 Å². The van der Waals surface area contributed by atoms with Crippen molar-refractivity contribution in [2.45, 2.75) is 136 Å². The summed E-state index contributed by atoms with van der Waals surface area (Å²) in [7, 11) is 1.78. The van der Waals surface area contributed by atoms with E-state index in [1.54, 1.807) is 11.9 Å². The molecule has 0 aliphatic carbocycles. The SMILES string of the molecule is CCCCCCCCCCCCCCCCCC(=O)N(C)CSOCNC(=O)OC(C)(C)C. The zero-order valence-corrected chi connectivity index (χ0v) is 23.0. The van der Waals surface area contributed by atoms with Gasteiger partial charge in [-0.3, -0.25) is 14.3 Å². The summed E-state index contributed by atoms with van der Waals surface area (Å²) >= 11 is 1.15. The summed E-state index contributed by atoms with van der Waals surface area (Å²) in [6.45, 7) is 7.74. The van der Waals surface area contributed by atoms with Gasteiger partial charge < -0.3 is 9.64 Å². The summed E-state index contributed by atoms with van der Waals surface area (Å²) in [6.07, 6.45) is 19.9. The lowest BCUT2D eigenvalue weighted by atomic mass is 10.0. The van der Waals surface area contributed by atoms with Gasteiger partial charge in [0, 0.05) is 25.5 Å². The number of alkyl carbamates (subject to hydrolysis) is 1.